The first-order valence-electron chi connectivity index (χ1n) is 15.7. The molecule has 2 atom stereocenters. The van der Waals surface area contributed by atoms with Gasteiger partial charge < -0.3 is 29.0 Å². The molecule has 3 aliphatic rings. The fraction of sp³-hybridized carbons (Fsp3) is 0.529. The number of aliphatic hydroxyl groups excluding tert-OH is 1. The number of ether oxygens (including phenoxy) is 4. The minimum Gasteiger partial charge on any atom is -0.507 e. The third-order valence-electron chi connectivity index (χ3n) is 8.28. The average molecular weight is 593 g/mol. The molecule has 1 N–H and O–H groups in total. The lowest BCUT2D eigenvalue weighted by Gasteiger charge is -2.29. The number of carbonyl (C=O) groups excluding carboxylic acids is 2. The maximum absolute atomic E-state index is 13.6. The van der Waals surface area contributed by atoms with Crippen LogP contribution in [-0.2, 0) is 20.7 Å². The highest BCUT2D eigenvalue weighted by Crippen LogP contribution is 2.43. The van der Waals surface area contributed by atoms with Crippen LogP contribution in [0.1, 0.15) is 69.2 Å². The minimum absolute atomic E-state index is 0.0455. The molecule has 2 saturated heterocycles. The van der Waals surface area contributed by atoms with Crippen LogP contribution in [-0.4, -0.2) is 85.3 Å². The van der Waals surface area contributed by atoms with E-state index in [4.69, 9.17) is 18.9 Å². The molecule has 9 nitrogen and oxygen atoms in total. The molecule has 0 saturated carbocycles. The van der Waals surface area contributed by atoms with E-state index in [9.17, 15) is 14.7 Å². The topological polar surface area (TPSA) is 97.8 Å². The van der Waals surface area contributed by atoms with E-state index in [0.29, 0.717) is 68.4 Å². The molecule has 2 aromatic rings. The Bertz CT molecular complexity index is 1330. The number of morpholine rings is 1. The van der Waals surface area contributed by atoms with Crippen LogP contribution in [0.4, 0.5) is 0 Å². The summed E-state index contributed by atoms with van der Waals surface area (Å²) in [7, 11) is 0. The lowest BCUT2D eigenvalue weighted by atomic mass is 9.94. The van der Waals surface area contributed by atoms with E-state index in [1.807, 2.05) is 44.2 Å². The first-order valence-corrected chi connectivity index (χ1v) is 15.7. The van der Waals surface area contributed by atoms with Gasteiger partial charge in [-0.3, -0.25) is 14.5 Å². The summed E-state index contributed by atoms with van der Waals surface area (Å²) in [4.78, 5) is 31.1. The molecule has 2 aromatic carbocycles. The Morgan fingerprint density at radius 3 is 2.56 bits per heavy atom. The third kappa shape index (κ3) is 6.99. The molecular formula is C34H44N2O7. The second kappa shape index (κ2) is 14.3. The summed E-state index contributed by atoms with van der Waals surface area (Å²) in [5.74, 6) is 0.485. The number of nitrogens with zero attached hydrogens (tertiary/aromatic N) is 2. The summed E-state index contributed by atoms with van der Waals surface area (Å²) in [6.45, 7) is 11.3. The Morgan fingerprint density at radius 1 is 0.977 bits per heavy atom. The van der Waals surface area contributed by atoms with Crippen molar-refractivity contribution in [2.75, 3.05) is 52.6 Å². The Kier molecular flexibility index (Phi) is 10.3. The highest BCUT2D eigenvalue weighted by atomic mass is 16.5. The van der Waals surface area contributed by atoms with E-state index in [1.165, 1.54) is 0 Å². The van der Waals surface area contributed by atoms with Crippen LogP contribution in [0, 0.1) is 0 Å². The van der Waals surface area contributed by atoms with Crippen LogP contribution in [0.25, 0.3) is 5.76 Å². The number of carbonyl (C=O) groups is 2. The van der Waals surface area contributed by atoms with E-state index in [-0.39, 0.29) is 17.4 Å². The van der Waals surface area contributed by atoms with Crippen molar-refractivity contribution in [3.63, 3.8) is 0 Å². The van der Waals surface area contributed by atoms with Gasteiger partial charge in [0.1, 0.15) is 17.6 Å². The highest BCUT2D eigenvalue weighted by Gasteiger charge is 2.46. The van der Waals surface area contributed by atoms with Gasteiger partial charge >= 0.3 is 0 Å². The second-order valence-corrected chi connectivity index (χ2v) is 11.4. The third-order valence-corrected chi connectivity index (χ3v) is 8.28. The summed E-state index contributed by atoms with van der Waals surface area (Å²) >= 11 is 0. The van der Waals surface area contributed by atoms with Crippen LogP contribution in [0.3, 0.4) is 0 Å². The first kappa shape index (κ1) is 30.9. The summed E-state index contributed by atoms with van der Waals surface area (Å²) in [6.07, 6.45) is 4.57. The van der Waals surface area contributed by atoms with Gasteiger partial charge in [-0.1, -0.05) is 25.8 Å². The van der Waals surface area contributed by atoms with E-state index >= 15 is 0 Å². The normalized spacial score (nSPS) is 21.6. The van der Waals surface area contributed by atoms with Crippen LogP contribution < -0.4 is 14.2 Å². The van der Waals surface area contributed by atoms with Crippen molar-refractivity contribution in [2.24, 2.45) is 0 Å². The van der Waals surface area contributed by atoms with Gasteiger partial charge in [0.25, 0.3) is 11.7 Å². The van der Waals surface area contributed by atoms with Crippen molar-refractivity contribution < 1.29 is 33.6 Å². The fourth-order valence-corrected chi connectivity index (χ4v) is 6.09. The van der Waals surface area contributed by atoms with Gasteiger partial charge in [0, 0.05) is 38.2 Å². The quantitative estimate of drug-likeness (QED) is 0.148. The van der Waals surface area contributed by atoms with E-state index in [2.05, 4.69) is 11.8 Å². The predicted octanol–water partition coefficient (Wildman–Crippen LogP) is 5.12. The zero-order chi connectivity index (χ0) is 30.3. The SMILES string of the molecule is CCCCCOc1ccc(C2/C(=C(/O)c3ccc4c(c3)CC(C)O4)C(=O)C(=O)N2CCCN2CCOCC2)cc1OCC. The average Bonchev–Trinajstić information content (AvgIpc) is 3.51. The molecule has 0 aromatic heterocycles. The van der Waals surface area contributed by atoms with Crippen molar-refractivity contribution in [1.82, 2.24) is 9.80 Å². The standard InChI is InChI=1S/C34H44N2O7/c1-4-6-7-17-42-28-12-9-24(22-29(28)41-5-2)31-30(32(37)25-10-11-27-26(21-25)20-23(3)43-27)33(38)34(39)36(31)14-8-13-35-15-18-40-19-16-35/h9-12,21-23,31,37H,4-8,13-20H2,1-3H3/b32-30-. The van der Waals surface area contributed by atoms with Crippen molar-refractivity contribution >= 4 is 17.4 Å². The Balaban J connectivity index is 1.49. The highest BCUT2D eigenvalue weighted by molar-refractivity contribution is 6.46. The van der Waals surface area contributed by atoms with Crippen LogP contribution in [0.15, 0.2) is 42.0 Å². The molecule has 2 fully saturated rings. The number of rotatable bonds is 13. The molecule has 43 heavy (non-hydrogen) atoms. The second-order valence-electron chi connectivity index (χ2n) is 11.4. The van der Waals surface area contributed by atoms with Gasteiger partial charge in [0.15, 0.2) is 11.5 Å². The summed E-state index contributed by atoms with van der Waals surface area (Å²) in [5.41, 5.74) is 2.24. The molecule has 232 valence electrons. The molecule has 3 heterocycles. The summed E-state index contributed by atoms with van der Waals surface area (Å²) in [6, 6.07) is 10.2. The lowest BCUT2D eigenvalue weighted by molar-refractivity contribution is -0.140. The number of ketones is 1. The summed E-state index contributed by atoms with van der Waals surface area (Å²) < 4.78 is 23.3. The molecule has 0 aliphatic carbocycles. The number of fused-ring (bicyclic) bond motifs is 1. The van der Waals surface area contributed by atoms with Crippen molar-refractivity contribution in [2.45, 2.75) is 65.0 Å². The molecule has 2 unspecified atom stereocenters. The van der Waals surface area contributed by atoms with E-state index in [1.54, 1.807) is 11.0 Å². The maximum atomic E-state index is 13.6. The maximum Gasteiger partial charge on any atom is 0.295 e. The van der Waals surface area contributed by atoms with Crippen LogP contribution >= 0.6 is 0 Å². The molecule has 0 bridgehead atoms. The number of unbranched alkanes of at least 4 members (excludes halogenated alkanes) is 2. The fourth-order valence-electron chi connectivity index (χ4n) is 6.09. The first-order chi connectivity index (χ1) is 20.9. The van der Waals surface area contributed by atoms with Gasteiger partial charge in [-0.15, -0.1) is 0 Å². The zero-order valence-electron chi connectivity index (χ0n) is 25.6. The number of hydrogen-bond donors (Lipinski definition) is 1. The smallest absolute Gasteiger partial charge is 0.295 e. The van der Waals surface area contributed by atoms with E-state index < -0.39 is 17.7 Å². The number of amides is 1. The Hall–Kier alpha value is -3.56. The van der Waals surface area contributed by atoms with Crippen LogP contribution in [0.5, 0.6) is 17.2 Å². The van der Waals surface area contributed by atoms with Crippen LogP contribution in [0.2, 0.25) is 0 Å². The van der Waals surface area contributed by atoms with Gasteiger partial charge in [-0.05, 0) is 68.1 Å². The molecule has 9 heteroatoms. The van der Waals surface area contributed by atoms with Gasteiger partial charge in [-0.25, -0.2) is 0 Å². The Morgan fingerprint density at radius 2 is 1.79 bits per heavy atom. The number of Topliss-reactive ketones (excluding diaryl/α,β-unsaturated/α-hetero) is 1. The molecule has 0 spiro atoms. The monoisotopic (exact) mass is 592 g/mol. The summed E-state index contributed by atoms with van der Waals surface area (Å²) in [5, 5.41) is 11.6. The van der Waals surface area contributed by atoms with Crippen molar-refractivity contribution in [3.8, 4) is 17.2 Å². The van der Waals surface area contributed by atoms with Gasteiger partial charge in [0.05, 0.1) is 38.0 Å². The Labute approximate surface area is 254 Å². The number of benzene rings is 2. The van der Waals surface area contributed by atoms with Gasteiger partial charge in [0.2, 0.25) is 0 Å². The van der Waals surface area contributed by atoms with E-state index in [0.717, 1.165) is 50.2 Å². The number of likely N-dealkylation sites (tertiary alicyclic amines) is 1. The minimum atomic E-state index is -0.763. The number of aliphatic hydroxyl groups is 1. The van der Waals surface area contributed by atoms with Gasteiger partial charge in [-0.2, -0.15) is 0 Å². The molecule has 1 amide bonds. The molecule has 3 aliphatic heterocycles. The largest absolute Gasteiger partial charge is 0.507 e. The lowest BCUT2D eigenvalue weighted by Crippen LogP contribution is -2.39. The molecular weight excluding hydrogens is 548 g/mol. The number of hydrogen-bond acceptors (Lipinski definition) is 8. The predicted molar refractivity (Wildman–Crippen MR) is 164 cm³/mol. The molecule has 5 rings (SSSR count). The van der Waals surface area contributed by atoms with Crippen molar-refractivity contribution in [1.29, 1.82) is 0 Å². The van der Waals surface area contributed by atoms with Crippen molar-refractivity contribution in [3.05, 3.63) is 58.7 Å². The molecule has 0 radical (unpaired) electrons. The zero-order valence-corrected chi connectivity index (χ0v) is 25.6.